The van der Waals surface area contributed by atoms with Crippen LogP contribution in [0.3, 0.4) is 0 Å². The smallest absolute Gasteiger partial charge is 0.254 e. The van der Waals surface area contributed by atoms with E-state index in [-0.39, 0.29) is 6.04 Å². The van der Waals surface area contributed by atoms with E-state index < -0.39 is 5.91 Å². The molecule has 6 nitrogen and oxygen atoms in total. The highest BCUT2D eigenvalue weighted by Gasteiger charge is 2.33. The van der Waals surface area contributed by atoms with Gasteiger partial charge >= 0.3 is 0 Å². The van der Waals surface area contributed by atoms with Crippen molar-refractivity contribution < 1.29 is 4.79 Å². The van der Waals surface area contributed by atoms with Crippen LogP contribution in [0.15, 0.2) is 0 Å². The standard InChI is InChI=1S/C13H23N5O/c1-8-5-4-6-10(7-14)18(8)13-11(12(15)19)9(2)16-17(13)3/h8,10H,4-7,14H2,1-3H3,(H2,15,19). The fourth-order valence-corrected chi connectivity index (χ4v) is 3.13. The normalized spacial score (nSPS) is 23.7. The van der Waals surface area contributed by atoms with Gasteiger partial charge < -0.3 is 16.4 Å². The van der Waals surface area contributed by atoms with E-state index in [4.69, 9.17) is 11.5 Å². The summed E-state index contributed by atoms with van der Waals surface area (Å²) in [6, 6.07) is 0.590. The van der Waals surface area contributed by atoms with Gasteiger partial charge in [0.05, 0.1) is 5.69 Å². The molecule has 106 valence electrons. The van der Waals surface area contributed by atoms with Crippen LogP contribution < -0.4 is 16.4 Å². The van der Waals surface area contributed by atoms with Crippen LogP contribution >= 0.6 is 0 Å². The van der Waals surface area contributed by atoms with Crippen molar-refractivity contribution in [2.24, 2.45) is 18.5 Å². The van der Waals surface area contributed by atoms with E-state index in [1.807, 2.05) is 14.0 Å². The zero-order valence-electron chi connectivity index (χ0n) is 11.9. The first-order valence-corrected chi connectivity index (χ1v) is 6.79. The summed E-state index contributed by atoms with van der Waals surface area (Å²) >= 11 is 0. The number of anilines is 1. The summed E-state index contributed by atoms with van der Waals surface area (Å²) in [5.41, 5.74) is 12.6. The second kappa shape index (κ2) is 5.21. The van der Waals surface area contributed by atoms with Gasteiger partial charge in [-0.2, -0.15) is 5.10 Å². The Labute approximate surface area is 113 Å². The Morgan fingerprint density at radius 3 is 2.74 bits per heavy atom. The molecule has 0 aromatic carbocycles. The third-order valence-corrected chi connectivity index (χ3v) is 3.98. The topological polar surface area (TPSA) is 90.2 Å². The third-order valence-electron chi connectivity index (χ3n) is 3.98. The van der Waals surface area contributed by atoms with Crippen molar-refractivity contribution in [3.63, 3.8) is 0 Å². The number of hydrogen-bond acceptors (Lipinski definition) is 4. The van der Waals surface area contributed by atoms with Crippen LogP contribution in [0, 0.1) is 6.92 Å². The number of nitrogens with zero attached hydrogens (tertiary/aromatic N) is 3. The number of hydrogen-bond donors (Lipinski definition) is 2. The molecule has 2 heterocycles. The number of primary amides is 1. The molecule has 1 aliphatic heterocycles. The van der Waals surface area contributed by atoms with E-state index in [0.717, 1.165) is 18.7 Å². The van der Waals surface area contributed by atoms with Gasteiger partial charge in [0, 0.05) is 25.7 Å². The first-order chi connectivity index (χ1) is 8.97. The SMILES string of the molecule is Cc1nn(C)c(N2C(C)CCCC2CN)c1C(N)=O. The van der Waals surface area contributed by atoms with Gasteiger partial charge in [0.2, 0.25) is 0 Å². The van der Waals surface area contributed by atoms with Crippen LogP contribution in [0.2, 0.25) is 0 Å². The van der Waals surface area contributed by atoms with Crippen molar-refractivity contribution in [2.75, 3.05) is 11.4 Å². The first-order valence-electron chi connectivity index (χ1n) is 6.79. The number of carbonyl (C=O) groups is 1. The largest absolute Gasteiger partial charge is 0.365 e. The lowest BCUT2D eigenvalue weighted by Gasteiger charge is -2.42. The molecule has 19 heavy (non-hydrogen) atoms. The van der Waals surface area contributed by atoms with Gasteiger partial charge in [0.25, 0.3) is 5.91 Å². The molecule has 0 spiro atoms. The molecule has 1 aromatic rings. The summed E-state index contributed by atoms with van der Waals surface area (Å²) < 4.78 is 1.75. The van der Waals surface area contributed by atoms with Crippen molar-refractivity contribution in [2.45, 2.75) is 45.2 Å². The molecular weight excluding hydrogens is 242 g/mol. The van der Waals surface area contributed by atoms with Crippen LogP contribution in [0.25, 0.3) is 0 Å². The maximum absolute atomic E-state index is 11.7. The Balaban J connectivity index is 2.52. The summed E-state index contributed by atoms with van der Waals surface area (Å²) in [5, 5.41) is 4.34. The predicted molar refractivity (Wildman–Crippen MR) is 75.1 cm³/mol. The van der Waals surface area contributed by atoms with E-state index in [2.05, 4.69) is 16.9 Å². The Kier molecular flexibility index (Phi) is 3.80. The van der Waals surface area contributed by atoms with Gasteiger partial charge in [-0.25, -0.2) is 0 Å². The quantitative estimate of drug-likeness (QED) is 0.834. The number of nitrogens with two attached hydrogens (primary N) is 2. The molecular formula is C13H23N5O. The predicted octanol–water partition coefficient (Wildman–Crippen LogP) is 0.534. The van der Waals surface area contributed by atoms with Crippen molar-refractivity contribution in [1.29, 1.82) is 0 Å². The minimum absolute atomic E-state index is 0.247. The Morgan fingerprint density at radius 1 is 1.47 bits per heavy atom. The number of rotatable bonds is 3. The second-order valence-corrected chi connectivity index (χ2v) is 5.35. The highest BCUT2D eigenvalue weighted by molar-refractivity contribution is 5.99. The van der Waals surface area contributed by atoms with Gasteiger partial charge in [0.15, 0.2) is 0 Å². The molecule has 2 rings (SSSR count). The molecule has 6 heteroatoms. The highest BCUT2D eigenvalue weighted by atomic mass is 16.1. The number of aromatic nitrogens is 2. The number of carbonyl (C=O) groups excluding carboxylic acids is 1. The molecule has 0 aliphatic carbocycles. The maximum Gasteiger partial charge on any atom is 0.254 e. The summed E-state index contributed by atoms with van der Waals surface area (Å²) in [7, 11) is 1.85. The van der Waals surface area contributed by atoms with Gasteiger partial charge in [-0.3, -0.25) is 9.48 Å². The lowest BCUT2D eigenvalue weighted by molar-refractivity contribution is 0.1000. The molecule has 1 fully saturated rings. The molecule has 2 atom stereocenters. The van der Waals surface area contributed by atoms with Gasteiger partial charge in [0.1, 0.15) is 11.4 Å². The summed E-state index contributed by atoms with van der Waals surface area (Å²) in [5.74, 6) is 0.391. The molecule has 1 aromatic heterocycles. The molecule has 2 unspecified atom stereocenters. The second-order valence-electron chi connectivity index (χ2n) is 5.35. The molecule has 1 aliphatic rings. The van der Waals surface area contributed by atoms with Crippen LogP contribution in [0.1, 0.15) is 42.2 Å². The molecule has 0 radical (unpaired) electrons. The zero-order chi connectivity index (χ0) is 14.2. The summed E-state index contributed by atoms with van der Waals surface area (Å²) in [4.78, 5) is 13.9. The molecule has 4 N–H and O–H groups in total. The fraction of sp³-hybridized carbons (Fsp3) is 0.692. The van der Waals surface area contributed by atoms with Crippen molar-refractivity contribution in [1.82, 2.24) is 9.78 Å². The number of aryl methyl sites for hydroxylation is 2. The number of amides is 1. The van der Waals surface area contributed by atoms with Crippen molar-refractivity contribution in [3.8, 4) is 0 Å². The minimum atomic E-state index is -0.422. The van der Waals surface area contributed by atoms with Crippen molar-refractivity contribution >= 4 is 11.7 Å². The van der Waals surface area contributed by atoms with E-state index in [0.29, 0.717) is 23.8 Å². The lowest BCUT2D eigenvalue weighted by atomic mass is 9.95. The average Bonchev–Trinajstić information content (AvgIpc) is 2.63. The highest BCUT2D eigenvalue weighted by Crippen LogP contribution is 2.32. The van der Waals surface area contributed by atoms with E-state index >= 15 is 0 Å². The van der Waals surface area contributed by atoms with E-state index in [9.17, 15) is 4.79 Å². The molecule has 1 saturated heterocycles. The van der Waals surface area contributed by atoms with Gasteiger partial charge in [-0.15, -0.1) is 0 Å². The maximum atomic E-state index is 11.7. The van der Waals surface area contributed by atoms with Crippen molar-refractivity contribution in [3.05, 3.63) is 11.3 Å². The average molecular weight is 265 g/mol. The third kappa shape index (κ3) is 2.32. The van der Waals surface area contributed by atoms with Crippen LogP contribution in [-0.4, -0.2) is 34.3 Å². The fourth-order valence-electron chi connectivity index (χ4n) is 3.13. The Hall–Kier alpha value is -1.56. The molecule has 1 amide bonds. The van der Waals surface area contributed by atoms with Crippen LogP contribution in [0.4, 0.5) is 5.82 Å². The van der Waals surface area contributed by atoms with Crippen LogP contribution in [-0.2, 0) is 7.05 Å². The minimum Gasteiger partial charge on any atom is -0.365 e. The molecule has 0 bridgehead atoms. The monoisotopic (exact) mass is 265 g/mol. The summed E-state index contributed by atoms with van der Waals surface area (Å²) in [6.07, 6.45) is 3.31. The van der Waals surface area contributed by atoms with E-state index in [1.54, 1.807) is 4.68 Å². The zero-order valence-corrected chi connectivity index (χ0v) is 11.9. The van der Waals surface area contributed by atoms with Gasteiger partial charge in [-0.05, 0) is 33.1 Å². The first kappa shape index (κ1) is 13.9. The lowest BCUT2D eigenvalue weighted by Crippen LogP contribution is -2.50. The van der Waals surface area contributed by atoms with Gasteiger partial charge in [-0.1, -0.05) is 0 Å². The van der Waals surface area contributed by atoms with Crippen LogP contribution in [0.5, 0.6) is 0 Å². The number of piperidine rings is 1. The molecule has 0 saturated carbocycles. The summed E-state index contributed by atoms with van der Waals surface area (Å²) in [6.45, 7) is 4.55. The van der Waals surface area contributed by atoms with E-state index in [1.165, 1.54) is 6.42 Å². The Morgan fingerprint density at radius 2 is 2.16 bits per heavy atom. The Bertz CT molecular complexity index is 482.